The van der Waals surface area contributed by atoms with Crippen molar-refractivity contribution in [3.63, 3.8) is 0 Å². The van der Waals surface area contributed by atoms with E-state index in [1.807, 2.05) is 0 Å². The fourth-order valence-electron chi connectivity index (χ4n) is 2.45. The van der Waals surface area contributed by atoms with E-state index < -0.39 is 16.9 Å². The number of furan rings is 1. The molecule has 1 atom stereocenters. The van der Waals surface area contributed by atoms with E-state index in [2.05, 4.69) is 15.7 Å². The number of nitrogens with zero attached hydrogens (tertiary/aromatic N) is 3. The zero-order valence-electron chi connectivity index (χ0n) is 14.0. The van der Waals surface area contributed by atoms with E-state index in [0.717, 1.165) is 0 Å². The number of non-ortho nitro benzene ring substituents is 1. The number of hydrogen-bond donors (Lipinski definition) is 3. The molecule has 1 aliphatic rings. The van der Waals surface area contributed by atoms with Crippen molar-refractivity contribution in [3.8, 4) is 0 Å². The number of fused-ring (bicyclic) bond motifs is 1. The topological polar surface area (TPSA) is 139 Å². The summed E-state index contributed by atoms with van der Waals surface area (Å²) >= 11 is 0. The molecule has 0 aliphatic carbocycles. The van der Waals surface area contributed by atoms with Crippen LogP contribution >= 0.6 is 0 Å². The van der Waals surface area contributed by atoms with E-state index in [9.17, 15) is 20.3 Å². The van der Waals surface area contributed by atoms with Crippen LogP contribution < -0.4 is 15.8 Å². The smallest absolute Gasteiger partial charge is 0.271 e. The van der Waals surface area contributed by atoms with Gasteiger partial charge in [0.05, 0.1) is 34.0 Å². The van der Waals surface area contributed by atoms with Gasteiger partial charge in [0.2, 0.25) is 0 Å². The van der Waals surface area contributed by atoms with Gasteiger partial charge in [-0.25, -0.2) is 5.01 Å². The average molecular weight is 358 g/mol. The number of hydrogen-bond acceptors (Lipinski definition) is 9. The van der Waals surface area contributed by atoms with Gasteiger partial charge in [-0.15, -0.1) is 0 Å². The summed E-state index contributed by atoms with van der Waals surface area (Å²) in [5.41, 5.74) is 3.44. The highest BCUT2D eigenvalue weighted by atomic mass is 16.6. The van der Waals surface area contributed by atoms with Crippen molar-refractivity contribution in [2.24, 2.45) is 4.99 Å². The SMILES string of the molecule is CN(C)NC(=C1Nc2ccc([N+](=O)[O-])cc2N=C1[O-])C(O)c1ccco1. The Balaban J connectivity index is 2.06. The molecule has 0 spiro atoms. The zero-order valence-corrected chi connectivity index (χ0v) is 14.0. The lowest BCUT2D eigenvalue weighted by Crippen LogP contribution is -2.38. The molecule has 3 N–H and O–H groups in total. The van der Waals surface area contributed by atoms with Gasteiger partial charge in [0.15, 0.2) is 6.10 Å². The Morgan fingerprint density at radius 3 is 2.81 bits per heavy atom. The van der Waals surface area contributed by atoms with Crippen LogP contribution in [0.3, 0.4) is 0 Å². The predicted octanol–water partition coefficient (Wildman–Crippen LogP) is 1.01. The van der Waals surface area contributed by atoms with Crippen LogP contribution in [0.2, 0.25) is 0 Å². The average Bonchev–Trinajstić information content (AvgIpc) is 3.12. The normalized spacial score (nSPS) is 16.4. The molecule has 2 heterocycles. The second kappa shape index (κ2) is 6.86. The van der Waals surface area contributed by atoms with Crippen molar-refractivity contribution in [2.75, 3.05) is 19.4 Å². The van der Waals surface area contributed by atoms with E-state index in [4.69, 9.17) is 4.42 Å². The minimum Gasteiger partial charge on any atom is -0.857 e. The number of aliphatic imine (C=N–C) groups is 1. The van der Waals surface area contributed by atoms with Crippen molar-refractivity contribution in [3.05, 3.63) is 63.9 Å². The first kappa shape index (κ1) is 17.5. The second-order valence-corrected chi connectivity index (χ2v) is 5.71. The molecule has 0 saturated heterocycles. The van der Waals surface area contributed by atoms with Gasteiger partial charge in [-0.1, -0.05) is 0 Å². The maximum atomic E-state index is 12.5. The highest BCUT2D eigenvalue weighted by Gasteiger charge is 2.24. The van der Waals surface area contributed by atoms with Gasteiger partial charge in [0.25, 0.3) is 5.69 Å². The molecule has 10 nitrogen and oxygen atoms in total. The van der Waals surface area contributed by atoms with Gasteiger partial charge in [-0.2, -0.15) is 0 Å². The van der Waals surface area contributed by atoms with E-state index >= 15 is 0 Å². The third-order valence-electron chi connectivity index (χ3n) is 3.59. The Kier molecular flexibility index (Phi) is 4.61. The summed E-state index contributed by atoms with van der Waals surface area (Å²) in [7, 11) is 3.38. The molecule has 0 saturated carbocycles. The highest BCUT2D eigenvalue weighted by Crippen LogP contribution is 2.35. The van der Waals surface area contributed by atoms with Crippen LogP contribution in [0.5, 0.6) is 0 Å². The quantitative estimate of drug-likeness (QED) is 0.532. The number of benzene rings is 1. The minimum absolute atomic E-state index is 0.0175. The summed E-state index contributed by atoms with van der Waals surface area (Å²) in [6, 6.07) is 7.15. The van der Waals surface area contributed by atoms with Crippen molar-refractivity contribution < 1.29 is 19.6 Å². The summed E-state index contributed by atoms with van der Waals surface area (Å²) in [5, 5.41) is 38.4. The molecule has 136 valence electrons. The largest absolute Gasteiger partial charge is 0.857 e. The van der Waals surface area contributed by atoms with Crippen LogP contribution in [0.1, 0.15) is 11.9 Å². The molecule has 26 heavy (non-hydrogen) atoms. The van der Waals surface area contributed by atoms with Gasteiger partial charge in [-0.3, -0.25) is 15.1 Å². The molecular formula is C16H16N5O5-. The van der Waals surface area contributed by atoms with Crippen molar-refractivity contribution >= 4 is 23.0 Å². The van der Waals surface area contributed by atoms with Crippen LogP contribution in [0.15, 0.2) is 57.4 Å². The van der Waals surface area contributed by atoms with Crippen LogP contribution in [0.25, 0.3) is 0 Å². The maximum absolute atomic E-state index is 12.5. The third kappa shape index (κ3) is 3.36. The minimum atomic E-state index is -1.24. The third-order valence-corrected chi connectivity index (χ3v) is 3.59. The zero-order chi connectivity index (χ0) is 18.8. The number of rotatable bonds is 5. The van der Waals surface area contributed by atoms with Gasteiger partial charge in [0.1, 0.15) is 5.76 Å². The molecule has 0 amide bonds. The molecule has 0 fully saturated rings. The molecule has 1 aromatic carbocycles. The van der Waals surface area contributed by atoms with Gasteiger partial charge in [0, 0.05) is 32.1 Å². The summed E-state index contributed by atoms with van der Waals surface area (Å²) in [5.74, 6) is -0.432. The van der Waals surface area contributed by atoms with Gasteiger partial charge < -0.3 is 25.4 Å². The number of aliphatic hydroxyl groups is 1. The van der Waals surface area contributed by atoms with Gasteiger partial charge in [-0.05, 0) is 18.2 Å². The molecule has 1 aliphatic heterocycles. The monoisotopic (exact) mass is 358 g/mol. The molecule has 2 aromatic rings. The Morgan fingerprint density at radius 2 is 2.19 bits per heavy atom. The van der Waals surface area contributed by atoms with Crippen molar-refractivity contribution in [1.82, 2.24) is 10.4 Å². The maximum Gasteiger partial charge on any atom is 0.271 e. The van der Waals surface area contributed by atoms with Crippen LogP contribution in [0.4, 0.5) is 17.1 Å². The lowest BCUT2D eigenvalue weighted by molar-refractivity contribution is -0.384. The number of nitrogens with one attached hydrogen (secondary N) is 2. The first-order valence-corrected chi connectivity index (χ1v) is 7.58. The molecule has 1 aromatic heterocycles. The van der Waals surface area contributed by atoms with Crippen molar-refractivity contribution in [1.29, 1.82) is 0 Å². The Hall–Kier alpha value is -3.37. The van der Waals surface area contributed by atoms with Crippen LogP contribution in [0, 0.1) is 10.1 Å². The molecule has 0 bridgehead atoms. The highest BCUT2D eigenvalue weighted by molar-refractivity contribution is 6.00. The van der Waals surface area contributed by atoms with Gasteiger partial charge >= 0.3 is 0 Å². The van der Waals surface area contributed by atoms with E-state index in [1.54, 1.807) is 31.2 Å². The van der Waals surface area contributed by atoms with Crippen LogP contribution in [-0.4, -0.2) is 35.0 Å². The molecule has 0 radical (unpaired) electrons. The standard InChI is InChI=1S/C16H17N5O5/c1-20(2)19-13(15(22)12-4-3-7-26-12)14-16(23)18-11-8-9(21(24)25)5-6-10(11)17-14/h3-8,15,17,19,22H,1-2H3,(H,18,23)/p-1. The fourth-order valence-corrected chi connectivity index (χ4v) is 2.45. The molecule has 10 heteroatoms. The number of aliphatic hydroxyl groups excluding tert-OH is 1. The Labute approximate surface area is 148 Å². The van der Waals surface area contributed by atoms with Crippen LogP contribution in [-0.2, 0) is 0 Å². The number of nitro groups is 1. The first-order valence-electron chi connectivity index (χ1n) is 7.58. The van der Waals surface area contributed by atoms with E-state index in [-0.39, 0.29) is 28.5 Å². The summed E-state index contributed by atoms with van der Waals surface area (Å²) in [6.07, 6.45) is 0.166. The number of nitro benzene ring substituents is 1. The summed E-state index contributed by atoms with van der Waals surface area (Å²) < 4.78 is 5.21. The molecule has 1 unspecified atom stereocenters. The molecular weight excluding hydrogens is 342 g/mol. The molecule has 3 rings (SSSR count). The summed E-state index contributed by atoms with van der Waals surface area (Å²) in [6.45, 7) is 0. The predicted molar refractivity (Wildman–Crippen MR) is 91.3 cm³/mol. The van der Waals surface area contributed by atoms with E-state index in [0.29, 0.717) is 5.69 Å². The number of anilines is 1. The number of hydrazine groups is 1. The summed E-state index contributed by atoms with van der Waals surface area (Å²) in [4.78, 5) is 14.2. The van der Waals surface area contributed by atoms with E-state index in [1.165, 1.54) is 24.5 Å². The Morgan fingerprint density at radius 1 is 1.42 bits per heavy atom. The lowest BCUT2D eigenvalue weighted by Gasteiger charge is -2.30. The van der Waals surface area contributed by atoms with Crippen molar-refractivity contribution in [2.45, 2.75) is 6.10 Å². The second-order valence-electron chi connectivity index (χ2n) is 5.71. The Bertz CT molecular complexity index is 888. The fraction of sp³-hybridized carbons (Fsp3) is 0.188. The first-order chi connectivity index (χ1) is 12.4. The lowest BCUT2D eigenvalue weighted by atomic mass is 10.1.